The largest absolute Gasteiger partial charge is 0.299 e. The first kappa shape index (κ1) is 13.4. The minimum absolute atomic E-state index is 0.257. The zero-order valence-electron chi connectivity index (χ0n) is 10.2. The van der Waals surface area contributed by atoms with E-state index in [1.54, 1.807) is 0 Å². The predicted molar refractivity (Wildman–Crippen MR) is 72.5 cm³/mol. The Kier molecular flexibility index (Phi) is 4.72. The van der Waals surface area contributed by atoms with E-state index in [4.69, 9.17) is 0 Å². The predicted octanol–water partition coefficient (Wildman–Crippen LogP) is 4.55. The van der Waals surface area contributed by atoms with Crippen molar-refractivity contribution in [2.45, 2.75) is 40.0 Å². The molecule has 16 heavy (non-hydrogen) atoms. The minimum atomic E-state index is 0.257. The van der Waals surface area contributed by atoms with Gasteiger partial charge in [0, 0.05) is 4.48 Å². The van der Waals surface area contributed by atoms with Crippen LogP contribution in [0.5, 0.6) is 0 Å². The first-order valence-electron chi connectivity index (χ1n) is 5.66. The van der Waals surface area contributed by atoms with Gasteiger partial charge in [-0.15, -0.1) is 0 Å². The van der Waals surface area contributed by atoms with Gasteiger partial charge in [-0.05, 0) is 49.3 Å². The first-order chi connectivity index (χ1) is 7.47. The SMILES string of the molecule is CC1=C(/C=C/C(Br)=C\C=O)C(C)(C)CCC1. The average Bonchev–Trinajstić information content (AvgIpc) is 2.16. The van der Waals surface area contributed by atoms with Gasteiger partial charge in [0.15, 0.2) is 0 Å². The molecule has 0 aliphatic heterocycles. The van der Waals surface area contributed by atoms with Gasteiger partial charge in [-0.3, -0.25) is 4.79 Å². The number of allylic oxidation sites excluding steroid dienone is 6. The Balaban J connectivity index is 2.93. The highest BCUT2D eigenvalue weighted by Gasteiger charge is 2.26. The first-order valence-corrected chi connectivity index (χ1v) is 6.46. The van der Waals surface area contributed by atoms with Gasteiger partial charge in [-0.1, -0.05) is 41.4 Å². The number of halogens is 1. The molecule has 0 radical (unpaired) electrons. The molecule has 0 heterocycles. The normalized spacial score (nSPS) is 21.6. The zero-order chi connectivity index (χ0) is 12.2. The van der Waals surface area contributed by atoms with Crippen molar-refractivity contribution in [3.8, 4) is 0 Å². The number of hydrogen-bond donors (Lipinski definition) is 0. The van der Waals surface area contributed by atoms with Gasteiger partial charge < -0.3 is 0 Å². The average molecular weight is 283 g/mol. The fourth-order valence-corrected chi connectivity index (χ4v) is 2.53. The molecule has 0 aromatic rings. The molecule has 0 atom stereocenters. The van der Waals surface area contributed by atoms with E-state index in [0.717, 1.165) is 10.8 Å². The van der Waals surface area contributed by atoms with Gasteiger partial charge in [-0.25, -0.2) is 0 Å². The Morgan fingerprint density at radius 2 is 2.12 bits per heavy atom. The van der Waals surface area contributed by atoms with E-state index in [1.165, 1.54) is 36.5 Å². The molecule has 0 aromatic heterocycles. The van der Waals surface area contributed by atoms with Gasteiger partial charge in [-0.2, -0.15) is 0 Å². The van der Waals surface area contributed by atoms with Crippen molar-refractivity contribution in [1.82, 2.24) is 0 Å². The fourth-order valence-electron chi connectivity index (χ4n) is 2.29. The molecule has 1 aliphatic rings. The summed E-state index contributed by atoms with van der Waals surface area (Å²) >= 11 is 3.34. The number of carbonyl (C=O) groups is 1. The van der Waals surface area contributed by atoms with Crippen LogP contribution in [0.15, 0.2) is 33.9 Å². The number of aldehydes is 1. The Hall–Kier alpha value is -0.630. The second kappa shape index (κ2) is 5.62. The van der Waals surface area contributed by atoms with E-state index >= 15 is 0 Å². The second-order valence-corrected chi connectivity index (χ2v) is 5.87. The van der Waals surface area contributed by atoms with Crippen LogP contribution in [0.1, 0.15) is 40.0 Å². The van der Waals surface area contributed by atoms with Gasteiger partial charge in [0.2, 0.25) is 0 Å². The lowest BCUT2D eigenvalue weighted by Crippen LogP contribution is -2.18. The van der Waals surface area contributed by atoms with Crippen molar-refractivity contribution in [1.29, 1.82) is 0 Å². The standard InChI is InChI=1S/C14H19BrO/c1-11-5-4-9-14(2,3)13(11)7-6-12(15)8-10-16/h6-8,10H,4-5,9H2,1-3H3/b7-6+,12-8+. The summed E-state index contributed by atoms with van der Waals surface area (Å²) in [6, 6.07) is 0. The molecule has 0 bridgehead atoms. The highest BCUT2D eigenvalue weighted by Crippen LogP contribution is 2.40. The lowest BCUT2D eigenvalue weighted by molar-refractivity contribution is -0.104. The van der Waals surface area contributed by atoms with Gasteiger partial charge in [0.1, 0.15) is 6.29 Å². The summed E-state index contributed by atoms with van der Waals surface area (Å²) in [7, 11) is 0. The monoisotopic (exact) mass is 282 g/mol. The van der Waals surface area contributed by atoms with Crippen LogP contribution >= 0.6 is 15.9 Å². The Labute approximate surface area is 106 Å². The third-order valence-electron chi connectivity index (χ3n) is 3.18. The Bertz CT molecular complexity index is 359. The van der Waals surface area contributed by atoms with Crippen LogP contribution in [-0.2, 0) is 4.79 Å². The highest BCUT2D eigenvalue weighted by atomic mass is 79.9. The molecule has 0 aromatic carbocycles. The molecule has 1 nitrogen and oxygen atoms in total. The summed E-state index contributed by atoms with van der Waals surface area (Å²) in [6.45, 7) is 6.78. The molecule has 0 amide bonds. The summed E-state index contributed by atoms with van der Waals surface area (Å²) < 4.78 is 0.823. The molecule has 0 spiro atoms. The third kappa shape index (κ3) is 3.44. The van der Waals surface area contributed by atoms with Crippen molar-refractivity contribution in [2.24, 2.45) is 5.41 Å². The fraction of sp³-hybridized carbons (Fsp3) is 0.500. The molecule has 0 saturated heterocycles. The van der Waals surface area contributed by atoms with Crippen LogP contribution in [0.4, 0.5) is 0 Å². The van der Waals surface area contributed by atoms with Gasteiger partial charge in [0.25, 0.3) is 0 Å². The molecule has 88 valence electrons. The zero-order valence-corrected chi connectivity index (χ0v) is 11.8. The molecular formula is C14H19BrO. The Morgan fingerprint density at radius 3 is 2.69 bits per heavy atom. The maximum Gasteiger partial charge on any atom is 0.143 e. The van der Waals surface area contributed by atoms with Crippen LogP contribution in [-0.4, -0.2) is 6.29 Å². The van der Waals surface area contributed by atoms with Gasteiger partial charge in [0.05, 0.1) is 0 Å². The van der Waals surface area contributed by atoms with Gasteiger partial charge >= 0.3 is 0 Å². The smallest absolute Gasteiger partial charge is 0.143 e. The van der Waals surface area contributed by atoms with Crippen LogP contribution < -0.4 is 0 Å². The summed E-state index contributed by atoms with van der Waals surface area (Å²) in [6.07, 6.45) is 10.1. The van der Waals surface area contributed by atoms with Crippen molar-refractivity contribution in [3.05, 3.63) is 33.9 Å². The van der Waals surface area contributed by atoms with Crippen molar-refractivity contribution in [2.75, 3.05) is 0 Å². The van der Waals surface area contributed by atoms with Crippen LogP contribution in [0.25, 0.3) is 0 Å². The maximum absolute atomic E-state index is 10.3. The van der Waals surface area contributed by atoms with Crippen molar-refractivity contribution < 1.29 is 4.79 Å². The van der Waals surface area contributed by atoms with E-state index in [-0.39, 0.29) is 5.41 Å². The van der Waals surface area contributed by atoms with E-state index in [2.05, 4.69) is 42.8 Å². The third-order valence-corrected chi connectivity index (χ3v) is 3.71. The lowest BCUT2D eigenvalue weighted by atomic mass is 9.73. The Morgan fingerprint density at radius 1 is 1.44 bits per heavy atom. The van der Waals surface area contributed by atoms with Crippen molar-refractivity contribution >= 4 is 22.2 Å². The summed E-state index contributed by atoms with van der Waals surface area (Å²) in [5.41, 5.74) is 3.14. The molecule has 2 heteroatoms. The molecule has 0 saturated carbocycles. The molecule has 1 rings (SSSR count). The van der Waals surface area contributed by atoms with E-state index in [0.29, 0.717) is 0 Å². The molecular weight excluding hydrogens is 264 g/mol. The summed E-state index contributed by atoms with van der Waals surface area (Å²) in [5.74, 6) is 0. The van der Waals surface area contributed by atoms with Crippen LogP contribution in [0, 0.1) is 5.41 Å². The number of carbonyl (C=O) groups excluding carboxylic acids is 1. The number of rotatable bonds is 3. The van der Waals surface area contributed by atoms with E-state index in [1.807, 2.05) is 6.08 Å². The van der Waals surface area contributed by atoms with Crippen LogP contribution in [0.3, 0.4) is 0 Å². The molecule has 0 N–H and O–H groups in total. The highest BCUT2D eigenvalue weighted by molar-refractivity contribution is 9.11. The van der Waals surface area contributed by atoms with E-state index in [9.17, 15) is 4.79 Å². The maximum atomic E-state index is 10.3. The molecule has 0 unspecified atom stereocenters. The van der Waals surface area contributed by atoms with Crippen LogP contribution in [0.2, 0.25) is 0 Å². The topological polar surface area (TPSA) is 17.1 Å². The second-order valence-electron chi connectivity index (χ2n) is 4.95. The summed E-state index contributed by atoms with van der Waals surface area (Å²) in [4.78, 5) is 10.3. The lowest BCUT2D eigenvalue weighted by Gasteiger charge is -2.32. The minimum Gasteiger partial charge on any atom is -0.299 e. The quantitative estimate of drug-likeness (QED) is 0.422. The molecule has 1 aliphatic carbocycles. The van der Waals surface area contributed by atoms with E-state index < -0.39 is 0 Å². The van der Waals surface area contributed by atoms with Crippen molar-refractivity contribution in [3.63, 3.8) is 0 Å². The molecule has 0 fully saturated rings. The summed E-state index contributed by atoms with van der Waals surface area (Å²) in [5, 5.41) is 0. The number of hydrogen-bond acceptors (Lipinski definition) is 1.